The van der Waals surface area contributed by atoms with Gasteiger partial charge >= 0.3 is 0 Å². The van der Waals surface area contributed by atoms with Crippen molar-refractivity contribution < 1.29 is 4.79 Å². The summed E-state index contributed by atoms with van der Waals surface area (Å²) in [4.78, 5) is 25.4. The van der Waals surface area contributed by atoms with Crippen molar-refractivity contribution in [3.05, 3.63) is 6.33 Å². The Balaban J connectivity index is 2.48. The summed E-state index contributed by atoms with van der Waals surface area (Å²) in [6.07, 6.45) is 1.67. The van der Waals surface area contributed by atoms with Crippen LogP contribution in [-0.2, 0) is 11.8 Å². The largest absolute Gasteiger partial charge is 0.368 e. The molecule has 0 aliphatic heterocycles. The summed E-state index contributed by atoms with van der Waals surface area (Å²) in [6.45, 7) is -0.00374. The van der Waals surface area contributed by atoms with Crippen LogP contribution < -0.4 is 16.0 Å². The van der Waals surface area contributed by atoms with Crippen molar-refractivity contribution >= 4 is 28.8 Å². The summed E-state index contributed by atoms with van der Waals surface area (Å²) >= 11 is 0. The highest BCUT2D eigenvalue weighted by molar-refractivity contribution is 5.85. The van der Waals surface area contributed by atoms with Gasteiger partial charge in [0.15, 0.2) is 17.0 Å². The van der Waals surface area contributed by atoms with E-state index in [1.54, 1.807) is 10.9 Å². The number of aromatic nitrogens is 4. The number of carbonyl (C=O) groups is 1. The standard InChI is InChI=1S/C10H15N7O/c1-16(2)8-7-9(17(3)5-13-7)15-10(14-8)12-4-6(11)18/h5H,4H2,1-3H3,(H2,11,18)(H,12,14,15). The predicted octanol–water partition coefficient (Wildman–Crippen LogP) is -0.673. The van der Waals surface area contributed by atoms with Crippen LogP contribution in [0.5, 0.6) is 0 Å². The molecule has 0 aliphatic carbocycles. The van der Waals surface area contributed by atoms with Crippen LogP contribution in [0, 0.1) is 0 Å². The van der Waals surface area contributed by atoms with Crippen LogP contribution in [0.1, 0.15) is 0 Å². The first kappa shape index (κ1) is 12.1. The molecule has 2 aromatic rings. The van der Waals surface area contributed by atoms with Gasteiger partial charge in [0, 0.05) is 21.1 Å². The number of nitrogens with zero attached hydrogens (tertiary/aromatic N) is 5. The third-order valence-electron chi connectivity index (χ3n) is 2.39. The summed E-state index contributed by atoms with van der Waals surface area (Å²) in [5, 5.41) is 2.78. The van der Waals surface area contributed by atoms with Gasteiger partial charge in [-0.1, -0.05) is 0 Å². The van der Waals surface area contributed by atoms with Gasteiger partial charge in [0.1, 0.15) is 0 Å². The molecule has 0 unspecified atom stereocenters. The van der Waals surface area contributed by atoms with Gasteiger partial charge in [0.2, 0.25) is 11.9 Å². The number of primary amides is 1. The summed E-state index contributed by atoms with van der Waals surface area (Å²) in [5.74, 6) is 0.580. The zero-order chi connectivity index (χ0) is 13.3. The number of anilines is 2. The van der Waals surface area contributed by atoms with Gasteiger partial charge in [-0.25, -0.2) is 4.98 Å². The van der Waals surface area contributed by atoms with Crippen molar-refractivity contribution in [3.8, 4) is 0 Å². The minimum atomic E-state index is -0.463. The maximum atomic E-state index is 10.7. The van der Waals surface area contributed by atoms with Crippen LogP contribution in [0.3, 0.4) is 0 Å². The Bertz CT molecular complexity index is 589. The van der Waals surface area contributed by atoms with E-state index in [0.29, 0.717) is 22.9 Å². The fourth-order valence-corrected chi connectivity index (χ4v) is 1.55. The smallest absolute Gasteiger partial charge is 0.236 e. The molecule has 0 aromatic carbocycles. The molecule has 8 heteroatoms. The molecule has 0 spiro atoms. The molecule has 18 heavy (non-hydrogen) atoms. The first-order valence-electron chi connectivity index (χ1n) is 5.37. The van der Waals surface area contributed by atoms with Crippen molar-refractivity contribution in [2.45, 2.75) is 0 Å². The van der Waals surface area contributed by atoms with Crippen LogP contribution >= 0.6 is 0 Å². The molecular formula is C10H15N7O. The number of carbonyl (C=O) groups excluding carboxylic acids is 1. The normalized spacial score (nSPS) is 10.6. The molecule has 0 atom stereocenters. The number of nitrogens with one attached hydrogen (secondary N) is 1. The van der Waals surface area contributed by atoms with E-state index in [2.05, 4.69) is 20.3 Å². The van der Waals surface area contributed by atoms with Crippen molar-refractivity contribution in [2.24, 2.45) is 12.8 Å². The number of nitrogens with two attached hydrogens (primary N) is 1. The summed E-state index contributed by atoms with van der Waals surface area (Å²) in [6, 6.07) is 0. The molecule has 8 nitrogen and oxygen atoms in total. The second-order valence-electron chi connectivity index (χ2n) is 4.11. The van der Waals surface area contributed by atoms with Crippen molar-refractivity contribution in [2.75, 3.05) is 30.9 Å². The lowest BCUT2D eigenvalue weighted by atomic mass is 10.4. The van der Waals surface area contributed by atoms with Gasteiger partial charge < -0.3 is 20.5 Å². The lowest BCUT2D eigenvalue weighted by Crippen LogP contribution is -2.23. The van der Waals surface area contributed by atoms with Crippen LogP contribution in [-0.4, -0.2) is 46.1 Å². The molecule has 0 radical (unpaired) electrons. The number of imidazole rings is 1. The van der Waals surface area contributed by atoms with Crippen LogP contribution in [0.4, 0.5) is 11.8 Å². The number of amides is 1. The van der Waals surface area contributed by atoms with Gasteiger partial charge in [0.05, 0.1) is 12.9 Å². The fourth-order valence-electron chi connectivity index (χ4n) is 1.55. The second-order valence-corrected chi connectivity index (χ2v) is 4.11. The Morgan fingerprint density at radius 2 is 2.22 bits per heavy atom. The molecule has 0 saturated heterocycles. The molecule has 2 aromatic heterocycles. The molecule has 0 fully saturated rings. The quantitative estimate of drug-likeness (QED) is 0.744. The van der Waals surface area contributed by atoms with E-state index in [9.17, 15) is 4.79 Å². The highest BCUT2D eigenvalue weighted by Gasteiger charge is 2.13. The topological polar surface area (TPSA) is 102 Å². The minimum Gasteiger partial charge on any atom is -0.368 e. The molecule has 0 bridgehead atoms. The number of fused-ring (bicyclic) bond motifs is 1. The van der Waals surface area contributed by atoms with Crippen molar-refractivity contribution in [3.63, 3.8) is 0 Å². The Labute approximate surface area is 104 Å². The van der Waals surface area contributed by atoms with Crippen molar-refractivity contribution in [1.29, 1.82) is 0 Å². The summed E-state index contributed by atoms with van der Waals surface area (Å²) in [7, 11) is 5.59. The van der Waals surface area contributed by atoms with Gasteiger partial charge in [-0.15, -0.1) is 0 Å². The third kappa shape index (κ3) is 2.17. The van der Waals surface area contributed by atoms with Gasteiger partial charge in [-0.3, -0.25) is 4.79 Å². The lowest BCUT2D eigenvalue weighted by molar-refractivity contribution is -0.116. The molecule has 96 valence electrons. The average molecular weight is 249 g/mol. The number of aryl methyl sites for hydroxylation is 1. The summed E-state index contributed by atoms with van der Waals surface area (Å²) < 4.78 is 1.79. The highest BCUT2D eigenvalue weighted by Crippen LogP contribution is 2.21. The Morgan fingerprint density at radius 1 is 1.50 bits per heavy atom. The minimum absolute atomic E-state index is 0.00374. The summed E-state index contributed by atoms with van der Waals surface area (Å²) in [5.41, 5.74) is 6.49. The van der Waals surface area contributed by atoms with Gasteiger partial charge in [-0.05, 0) is 0 Å². The van der Waals surface area contributed by atoms with E-state index in [4.69, 9.17) is 5.73 Å². The monoisotopic (exact) mass is 249 g/mol. The van der Waals surface area contributed by atoms with Gasteiger partial charge in [-0.2, -0.15) is 9.97 Å². The van der Waals surface area contributed by atoms with E-state index in [-0.39, 0.29) is 6.54 Å². The molecular weight excluding hydrogens is 234 g/mol. The highest BCUT2D eigenvalue weighted by atomic mass is 16.1. The van der Waals surface area contributed by atoms with E-state index in [1.165, 1.54) is 0 Å². The average Bonchev–Trinajstić information content (AvgIpc) is 2.67. The van der Waals surface area contributed by atoms with Crippen LogP contribution in [0.15, 0.2) is 6.33 Å². The molecule has 2 rings (SSSR count). The Kier molecular flexibility index (Phi) is 3.00. The van der Waals surface area contributed by atoms with E-state index in [0.717, 1.165) is 0 Å². The first-order valence-corrected chi connectivity index (χ1v) is 5.37. The second kappa shape index (κ2) is 4.47. The molecule has 2 heterocycles. The zero-order valence-corrected chi connectivity index (χ0v) is 10.5. The SMILES string of the molecule is CN(C)c1nc(NCC(N)=O)nc2c1ncn2C. The van der Waals surface area contributed by atoms with E-state index < -0.39 is 5.91 Å². The van der Waals surface area contributed by atoms with Crippen LogP contribution in [0.2, 0.25) is 0 Å². The number of rotatable bonds is 4. The number of hydrogen-bond donors (Lipinski definition) is 2. The van der Waals surface area contributed by atoms with Crippen LogP contribution in [0.25, 0.3) is 11.2 Å². The molecule has 3 N–H and O–H groups in total. The third-order valence-corrected chi connectivity index (χ3v) is 2.39. The lowest BCUT2D eigenvalue weighted by Gasteiger charge is -2.13. The molecule has 0 aliphatic rings. The van der Waals surface area contributed by atoms with Gasteiger partial charge in [0.25, 0.3) is 0 Å². The molecule has 0 saturated carbocycles. The van der Waals surface area contributed by atoms with E-state index >= 15 is 0 Å². The zero-order valence-electron chi connectivity index (χ0n) is 10.5. The first-order chi connectivity index (χ1) is 8.49. The fraction of sp³-hybridized carbons (Fsp3) is 0.400. The predicted molar refractivity (Wildman–Crippen MR) is 68.3 cm³/mol. The Hall–Kier alpha value is -2.38. The maximum Gasteiger partial charge on any atom is 0.236 e. The molecule has 1 amide bonds. The van der Waals surface area contributed by atoms with Crippen molar-refractivity contribution in [1.82, 2.24) is 19.5 Å². The maximum absolute atomic E-state index is 10.7. The number of hydrogen-bond acceptors (Lipinski definition) is 6. The Morgan fingerprint density at radius 3 is 2.83 bits per heavy atom. The van der Waals surface area contributed by atoms with E-state index in [1.807, 2.05) is 26.0 Å².